The zero-order valence-corrected chi connectivity index (χ0v) is 17.3. The van der Waals surface area contributed by atoms with Crippen LogP contribution in [0.1, 0.15) is 85.5 Å². The van der Waals surface area contributed by atoms with Gasteiger partial charge < -0.3 is 24.6 Å². The van der Waals surface area contributed by atoms with Crippen LogP contribution in [-0.4, -0.2) is 48.6 Å². The molecule has 2 heterocycles. The maximum absolute atomic E-state index is 10.4. The summed E-state index contributed by atoms with van der Waals surface area (Å²) in [6, 6.07) is 0. The van der Waals surface area contributed by atoms with Gasteiger partial charge in [0.25, 0.3) is 0 Å². The number of fused-ring (bicyclic) bond motifs is 1. The second-order valence-corrected chi connectivity index (χ2v) is 8.53. The van der Waals surface area contributed by atoms with Gasteiger partial charge in [0.15, 0.2) is 12.1 Å². The molecule has 0 spiro atoms. The van der Waals surface area contributed by atoms with E-state index in [0.29, 0.717) is 6.54 Å². The molecule has 2 N–H and O–H groups in total. The van der Waals surface area contributed by atoms with Crippen LogP contribution in [0.4, 0.5) is 0 Å². The minimum Gasteiger partial charge on any atom is -0.389 e. The largest absolute Gasteiger partial charge is 0.389 e. The summed E-state index contributed by atoms with van der Waals surface area (Å²) in [6.45, 7) is 9.66. The van der Waals surface area contributed by atoms with Crippen molar-refractivity contribution in [3.8, 4) is 0 Å². The molecule has 0 aromatic carbocycles. The number of aliphatic hydroxyl groups excluding tert-OH is 1. The van der Waals surface area contributed by atoms with Gasteiger partial charge in [-0.2, -0.15) is 0 Å². The highest BCUT2D eigenvalue weighted by Gasteiger charge is 2.54. The van der Waals surface area contributed by atoms with Crippen molar-refractivity contribution < 1.29 is 19.3 Å². The highest BCUT2D eigenvalue weighted by atomic mass is 16.8. The molecule has 2 rings (SSSR count). The Morgan fingerprint density at radius 1 is 0.962 bits per heavy atom. The van der Waals surface area contributed by atoms with Crippen molar-refractivity contribution >= 4 is 0 Å². The van der Waals surface area contributed by atoms with E-state index in [0.717, 1.165) is 6.54 Å². The number of ether oxygens (including phenoxy) is 3. The molecule has 5 nitrogen and oxygen atoms in total. The lowest BCUT2D eigenvalue weighted by atomic mass is 9.96. The topological polar surface area (TPSA) is 60.0 Å². The molecule has 2 aliphatic rings. The molecule has 154 valence electrons. The first kappa shape index (κ1) is 22.1. The van der Waals surface area contributed by atoms with Gasteiger partial charge in [0, 0.05) is 12.5 Å². The van der Waals surface area contributed by atoms with Gasteiger partial charge in [-0.25, -0.2) is 0 Å². The van der Waals surface area contributed by atoms with Crippen molar-refractivity contribution in [2.45, 2.75) is 116 Å². The van der Waals surface area contributed by atoms with Crippen molar-refractivity contribution in [1.29, 1.82) is 0 Å². The Kier molecular flexibility index (Phi) is 9.31. The van der Waals surface area contributed by atoms with E-state index in [1.54, 1.807) is 0 Å². The number of hydrogen-bond donors (Lipinski definition) is 2. The van der Waals surface area contributed by atoms with Crippen LogP contribution >= 0.6 is 0 Å². The minimum atomic E-state index is -0.590. The summed E-state index contributed by atoms with van der Waals surface area (Å²) in [6.07, 6.45) is 10.8. The third-order valence-electron chi connectivity index (χ3n) is 5.61. The molecule has 0 bridgehead atoms. The van der Waals surface area contributed by atoms with E-state index < -0.39 is 11.9 Å². The van der Waals surface area contributed by atoms with Gasteiger partial charge in [-0.05, 0) is 26.8 Å². The Hall–Kier alpha value is -0.200. The van der Waals surface area contributed by atoms with E-state index in [1.165, 1.54) is 57.8 Å². The van der Waals surface area contributed by atoms with Gasteiger partial charge in [0.05, 0.1) is 12.2 Å². The zero-order chi connectivity index (χ0) is 19.0. The van der Waals surface area contributed by atoms with Crippen molar-refractivity contribution in [3.05, 3.63) is 0 Å². The van der Waals surface area contributed by atoms with Gasteiger partial charge in [0.1, 0.15) is 6.10 Å². The standard InChI is InChI=1S/C21H41NO4/c1-5-6-7-8-9-10-11-12-13-14-22-15-17(23)18-16(2)19-20(24-18)26-21(3,4)25-19/h16-20,22-23H,5-15H2,1-4H3/t16-,17+,18?,19?,20?/m0/s1. The van der Waals surface area contributed by atoms with Gasteiger partial charge in [-0.1, -0.05) is 65.2 Å². The fourth-order valence-electron chi connectivity index (χ4n) is 4.05. The first-order chi connectivity index (χ1) is 12.4. The third-order valence-corrected chi connectivity index (χ3v) is 5.61. The fraction of sp³-hybridized carbons (Fsp3) is 1.00. The average Bonchev–Trinajstić information content (AvgIpc) is 3.05. The van der Waals surface area contributed by atoms with Gasteiger partial charge in [-0.3, -0.25) is 0 Å². The maximum atomic E-state index is 10.4. The molecule has 5 atom stereocenters. The monoisotopic (exact) mass is 371 g/mol. The van der Waals surface area contributed by atoms with Gasteiger partial charge in [0.2, 0.25) is 0 Å². The van der Waals surface area contributed by atoms with Crippen molar-refractivity contribution in [3.63, 3.8) is 0 Å². The Morgan fingerprint density at radius 3 is 2.19 bits per heavy atom. The van der Waals surface area contributed by atoms with Crippen LogP contribution < -0.4 is 5.32 Å². The molecule has 0 radical (unpaired) electrons. The summed E-state index contributed by atoms with van der Waals surface area (Å²) in [5, 5.41) is 13.8. The molecule has 26 heavy (non-hydrogen) atoms. The highest BCUT2D eigenvalue weighted by Crippen LogP contribution is 2.41. The normalized spacial score (nSPS) is 31.3. The first-order valence-corrected chi connectivity index (χ1v) is 10.8. The van der Waals surface area contributed by atoms with Crippen LogP contribution in [0.2, 0.25) is 0 Å². The smallest absolute Gasteiger partial charge is 0.187 e. The summed E-state index contributed by atoms with van der Waals surface area (Å²) >= 11 is 0. The quantitative estimate of drug-likeness (QED) is 0.480. The van der Waals surface area contributed by atoms with Crippen LogP contribution in [0.3, 0.4) is 0 Å². The van der Waals surface area contributed by atoms with Crippen LogP contribution in [0.15, 0.2) is 0 Å². The van der Waals surface area contributed by atoms with Crippen LogP contribution in [-0.2, 0) is 14.2 Å². The summed E-state index contributed by atoms with van der Waals surface area (Å²) in [5.74, 6) is -0.459. The van der Waals surface area contributed by atoms with Crippen LogP contribution in [0, 0.1) is 5.92 Å². The molecule has 2 aliphatic heterocycles. The highest BCUT2D eigenvalue weighted by molar-refractivity contribution is 4.93. The maximum Gasteiger partial charge on any atom is 0.187 e. The molecule has 5 heteroatoms. The molecule has 0 aromatic rings. The predicted octanol–water partition coefficient (Wildman–Crippen LogP) is 3.98. The Bertz CT molecular complexity index is 390. The number of aliphatic hydroxyl groups is 1. The summed E-state index contributed by atoms with van der Waals surface area (Å²) in [4.78, 5) is 0. The lowest BCUT2D eigenvalue weighted by molar-refractivity contribution is -0.219. The van der Waals surface area contributed by atoms with Crippen molar-refractivity contribution in [2.24, 2.45) is 5.92 Å². The molecule has 0 saturated carbocycles. The van der Waals surface area contributed by atoms with E-state index in [-0.39, 0.29) is 24.4 Å². The molecule has 0 amide bonds. The van der Waals surface area contributed by atoms with Gasteiger partial charge >= 0.3 is 0 Å². The SMILES string of the molecule is CCCCCCCCCCCNC[C@@H](O)C1OC2OC(C)(C)OC2[C@H]1C. The molecular formula is C21H41NO4. The summed E-state index contributed by atoms with van der Waals surface area (Å²) in [5.41, 5.74) is 0. The lowest BCUT2D eigenvalue weighted by Crippen LogP contribution is -2.41. The fourth-order valence-corrected chi connectivity index (χ4v) is 4.05. The number of hydrogen-bond acceptors (Lipinski definition) is 5. The lowest BCUT2D eigenvalue weighted by Gasteiger charge is -2.26. The predicted molar refractivity (Wildman–Crippen MR) is 104 cm³/mol. The molecular weight excluding hydrogens is 330 g/mol. The number of unbranched alkanes of at least 4 members (excludes halogenated alkanes) is 8. The zero-order valence-electron chi connectivity index (χ0n) is 17.3. The van der Waals surface area contributed by atoms with E-state index in [2.05, 4.69) is 19.2 Å². The van der Waals surface area contributed by atoms with E-state index in [9.17, 15) is 5.11 Å². The Balaban J connectivity index is 1.48. The van der Waals surface area contributed by atoms with E-state index in [1.807, 2.05) is 13.8 Å². The van der Waals surface area contributed by atoms with Crippen molar-refractivity contribution in [1.82, 2.24) is 5.32 Å². The van der Waals surface area contributed by atoms with Gasteiger partial charge in [-0.15, -0.1) is 0 Å². The van der Waals surface area contributed by atoms with Crippen LogP contribution in [0.5, 0.6) is 0 Å². The summed E-state index contributed by atoms with van der Waals surface area (Å²) in [7, 11) is 0. The summed E-state index contributed by atoms with van der Waals surface area (Å²) < 4.78 is 17.6. The molecule has 2 saturated heterocycles. The Labute approximate surface area is 160 Å². The van der Waals surface area contributed by atoms with Crippen molar-refractivity contribution in [2.75, 3.05) is 13.1 Å². The van der Waals surface area contributed by atoms with E-state index >= 15 is 0 Å². The molecule has 2 fully saturated rings. The van der Waals surface area contributed by atoms with E-state index in [4.69, 9.17) is 14.2 Å². The molecule has 0 aliphatic carbocycles. The number of rotatable bonds is 13. The second-order valence-electron chi connectivity index (χ2n) is 8.53. The number of nitrogens with one attached hydrogen (secondary N) is 1. The average molecular weight is 372 g/mol. The third kappa shape index (κ3) is 6.75. The second kappa shape index (κ2) is 11.0. The first-order valence-electron chi connectivity index (χ1n) is 10.8. The molecule has 0 aromatic heterocycles. The van der Waals surface area contributed by atoms with Crippen LogP contribution in [0.25, 0.3) is 0 Å². The Morgan fingerprint density at radius 2 is 1.58 bits per heavy atom. The minimum absolute atomic E-state index is 0.0815. The molecule has 3 unspecified atom stereocenters.